The third kappa shape index (κ3) is 5.84. The molecule has 0 aliphatic carbocycles. The van der Waals surface area contributed by atoms with Gasteiger partial charge in [-0.1, -0.05) is 0 Å². The number of hydrogen-bond donors (Lipinski definition) is 3. The monoisotopic (exact) mass is 647 g/mol. The van der Waals surface area contributed by atoms with Gasteiger partial charge in [0.1, 0.15) is 0 Å². The number of H-pyrrole nitrogens is 1. The summed E-state index contributed by atoms with van der Waals surface area (Å²) in [5.74, 6) is 0.396. The van der Waals surface area contributed by atoms with E-state index < -0.39 is 0 Å². The van der Waals surface area contributed by atoms with Gasteiger partial charge in [-0.25, -0.2) is 0 Å². The van der Waals surface area contributed by atoms with Crippen molar-refractivity contribution < 1.29 is 9.90 Å². The number of aromatic nitrogens is 3. The summed E-state index contributed by atoms with van der Waals surface area (Å²) < 4.78 is 2.22. The van der Waals surface area contributed by atoms with Crippen molar-refractivity contribution in [2.24, 2.45) is 0 Å². The molecule has 4 heterocycles. The zero-order valence-electron chi connectivity index (χ0n) is 25.3. The van der Waals surface area contributed by atoms with Crippen LogP contribution in [0, 0.1) is 0 Å². The maximum atomic E-state index is 14.4. The van der Waals surface area contributed by atoms with Crippen molar-refractivity contribution in [2.75, 3.05) is 23.3 Å². The van der Waals surface area contributed by atoms with E-state index in [4.69, 9.17) is 23.2 Å². The second-order valence-corrected chi connectivity index (χ2v) is 12.6. The van der Waals surface area contributed by atoms with Crippen LogP contribution in [0.2, 0.25) is 10.0 Å². The van der Waals surface area contributed by atoms with Crippen LogP contribution in [0.5, 0.6) is 0 Å². The fourth-order valence-electron chi connectivity index (χ4n) is 6.38. The zero-order chi connectivity index (χ0) is 31.8. The molecular formula is C36H32BCl2N5O2. The van der Waals surface area contributed by atoms with Crippen LogP contribution in [0.25, 0.3) is 33.2 Å². The first kappa shape index (κ1) is 30.3. The van der Waals surface area contributed by atoms with Crippen LogP contribution in [0.4, 0.5) is 11.5 Å². The number of hydrogen-bond acceptors (Lipinski definition) is 4. The number of rotatable bonds is 7. The Balaban J connectivity index is 1.39. The van der Waals surface area contributed by atoms with E-state index in [1.165, 1.54) is 0 Å². The summed E-state index contributed by atoms with van der Waals surface area (Å²) in [6.07, 6.45) is 4.80. The van der Waals surface area contributed by atoms with E-state index in [9.17, 15) is 9.90 Å². The third-order valence-electron chi connectivity index (χ3n) is 8.79. The molecule has 0 saturated carbocycles. The zero-order valence-corrected chi connectivity index (χ0v) is 26.8. The number of piperidine rings is 1. The van der Waals surface area contributed by atoms with Gasteiger partial charge in [0.2, 0.25) is 0 Å². The number of carbonyl (C=O) groups excluding carboxylic acids is 1. The number of aliphatic hydroxyl groups is 1. The summed E-state index contributed by atoms with van der Waals surface area (Å²) in [4.78, 5) is 24.6. The van der Waals surface area contributed by atoms with Crippen LogP contribution in [0.1, 0.15) is 41.9 Å². The number of nitrogens with zero attached hydrogens (tertiary/aromatic N) is 3. The summed E-state index contributed by atoms with van der Waals surface area (Å²) in [6, 6.07) is 27.3. The number of nitrogens with one attached hydrogen (secondary N) is 2. The van der Waals surface area contributed by atoms with E-state index in [-0.39, 0.29) is 18.1 Å². The number of aliphatic hydroxyl groups excluding tert-OH is 1. The fourth-order valence-corrected chi connectivity index (χ4v) is 6.68. The Labute approximate surface area is 278 Å². The second kappa shape index (κ2) is 12.8. The quantitative estimate of drug-likeness (QED) is 0.163. The van der Waals surface area contributed by atoms with Crippen molar-refractivity contribution in [2.45, 2.75) is 31.9 Å². The molecule has 1 fully saturated rings. The van der Waals surface area contributed by atoms with Crippen molar-refractivity contribution >= 4 is 58.4 Å². The summed E-state index contributed by atoms with van der Waals surface area (Å²) in [5.41, 5.74) is 6.60. The topological polar surface area (TPSA) is 86.2 Å². The van der Waals surface area contributed by atoms with Crippen molar-refractivity contribution in [3.8, 4) is 22.3 Å². The number of benzene rings is 3. The molecule has 1 aliphatic rings. The Morgan fingerprint density at radius 2 is 1.74 bits per heavy atom. The molecule has 1 unspecified atom stereocenters. The van der Waals surface area contributed by atoms with Gasteiger partial charge < -0.3 is 5.11 Å². The SMILES string of the molecule is CC(c1ccc(Cl)cc1)n1cbc(-c2ccccc2)c1-c1c(C(=O)Nc2cccnc2N2CCC(O)CC2)[nH]c2cc(Cl)ccc12. The number of pyridine rings is 1. The minimum absolute atomic E-state index is 0.0720. The molecule has 1 atom stereocenters. The number of carbonyl (C=O) groups is 1. The van der Waals surface area contributed by atoms with E-state index in [0.29, 0.717) is 53.2 Å². The molecule has 10 heteroatoms. The predicted molar refractivity (Wildman–Crippen MR) is 188 cm³/mol. The molecule has 1 aliphatic heterocycles. The first-order valence-corrected chi connectivity index (χ1v) is 16.2. The van der Waals surface area contributed by atoms with Gasteiger partial charge in [0.15, 0.2) is 0 Å². The van der Waals surface area contributed by atoms with Gasteiger partial charge in [0, 0.05) is 0 Å². The van der Waals surface area contributed by atoms with Crippen LogP contribution < -0.4 is 10.2 Å². The summed E-state index contributed by atoms with van der Waals surface area (Å²) in [5, 5.41) is 15.4. The van der Waals surface area contributed by atoms with Crippen LogP contribution in [-0.4, -0.2) is 51.7 Å². The van der Waals surface area contributed by atoms with Gasteiger partial charge in [-0.2, -0.15) is 0 Å². The average molecular weight is 648 g/mol. The Morgan fingerprint density at radius 1 is 1.00 bits per heavy atom. The maximum absolute atomic E-state index is 14.4. The molecule has 0 radical (unpaired) electrons. The van der Waals surface area contributed by atoms with E-state index in [1.54, 1.807) is 6.20 Å². The standard InChI is InChI=1S/C36H32BCl2N5O2/c1-22(23-9-11-25(38)12-10-23)44-21-37-32(24-6-3-2-4-7-24)34(44)31-28-14-13-26(39)20-30(28)41-33(31)36(46)42-29-8-5-17-40-35(29)43-18-15-27(45)16-19-43/h2-14,17,20-22,27,41,45H,15-16,18-19H2,1H3,(H,42,46). The molecule has 3 aromatic heterocycles. The fraction of sp³-hybridized carbons (Fsp3) is 0.194. The molecular weight excluding hydrogens is 616 g/mol. The third-order valence-corrected chi connectivity index (χ3v) is 9.28. The van der Waals surface area contributed by atoms with Crippen LogP contribution in [0.15, 0.2) is 97.2 Å². The van der Waals surface area contributed by atoms with Crippen molar-refractivity contribution in [3.05, 3.63) is 119 Å². The number of amides is 1. The molecule has 7 nitrogen and oxygen atoms in total. The Bertz CT molecular complexity index is 2020. The molecule has 0 bridgehead atoms. The van der Waals surface area contributed by atoms with Crippen LogP contribution >= 0.6 is 23.2 Å². The Kier molecular flexibility index (Phi) is 8.43. The van der Waals surface area contributed by atoms with E-state index in [1.807, 2.05) is 72.8 Å². The molecule has 1 saturated heterocycles. The first-order chi connectivity index (χ1) is 22.4. The molecule has 0 spiro atoms. The van der Waals surface area contributed by atoms with Gasteiger partial charge in [0.25, 0.3) is 0 Å². The molecule has 3 N–H and O–H groups in total. The second-order valence-electron chi connectivity index (χ2n) is 11.7. The van der Waals surface area contributed by atoms with E-state index >= 15 is 0 Å². The van der Waals surface area contributed by atoms with Crippen LogP contribution in [-0.2, 0) is 0 Å². The normalized spacial score (nSPS) is 14.4. The number of aromatic amines is 1. The molecule has 7 rings (SSSR count). The van der Waals surface area contributed by atoms with Gasteiger partial charge in [-0.05, 0) is 0 Å². The Hall–Kier alpha value is -4.37. The molecule has 3 aromatic carbocycles. The van der Waals surface area contributed by atoms with Gasteiger partial charge in [-0.15, -0.1) is 0 Å². The summed E-state index contributed by atoms with van der Waals surface area (Å²) in [7, 11) is 0. The van der Waals surface area contributed by atoms with E-state index in [2.05, 4.69) is 56.8 Å². The van der Waals surface area contributed by atoms with Gasteiger partial charge >= 0.3 is 274 Å². The minimum atomic E-state index is -0.316. The number of halogens is 2. The van der Waals surface area contributed by atoms with Crippen LogP contribution in [0.3, 0.4) is 0 Å². The molecule has 46 heavy (non-hydrogen) atoms. The average Bonchev–Trinajstić information content (AvgIpc) is 3.67. The van der Waals surface area contributed by atoms with Crippen molar-refractivity contribution in [1.29, 1.82) is 0 Å². The van der Waals surface area contributed by atoms with Crippen molar-refractivity contribution in [3.63, 3.8) is 0 Å². The molecule has 6 aromatic rings. The first-order valence-electron chi connectivity index (χ1n) is 15.4. The predicted octanol–water partition coefficient (Wildman–Crippen LogP) is 8.17. The van der Waals surface area contributed by atoms with Crippen molar-refractivity contribution in [1.82, 2.24) is 14.5 Å². The summed E-state index contributed by atoms with van der Waals surface area (Å²) in [6.45, 7) is 5.57. The Morgan fingerprint density at radius 3 is 2.50 bits per heavy atom. The number of anilines is 2. The summed E-state index contributed by atoms with van der Waals surface area (Å²) >= 11 is 12.7. The van der Waals surface area contributed by atoms with Gasteiger partial charge in [-0.3, -0.25) is 0 Å². The van der Waals surface area contributed by atoms with Gasteiger partial charge in [0.05, 0.1) is 0 Å². The molecule has 1 amide bonds. The number of fused-ring (bicyclic) bond motifs is 1. The molecule has 230 valence electrons. The van der Waals surface area contributed by atoms with E-state index in [0.717, 1.165) is 38.7 Å².